The zero-order valence-corrected chi connectivity index (χ0v) is 14.6. The van der Waals surface area contributed by atoms with Crippen LogP contribution in [-0.4, -0.2) is 23.8 Å². The van der Waals surface area contributed by atoms with E-state index in [1.54, 1.807) is 22.8 Å². The molecule has 0 amide bonds. The smallest absolute Gasteiger partial charge is 0.337 e. The Labute approximate surface area is 145 Å². The Kier molecular flexibility index (Phi) is 4.13. The first-order valence-electron chi connectivity index (χ1n) is 6.25. The van der Waals surface area contributed by atoms with Crippen LogP contribution in [0.5, 0.6) is 0 Å². The molecule has 23 heavy (non-hydrogen) atoms. The van der Waals surface area contributed by atoms with Crippen molar-refractivity contribution >= 4 is 49.7 Å². The average Bonchev–Trinajstić information content (AvgIpc) is 2.94. The van der Waals surface area contributed by atoms with Gasteiger partial charge in [0.15, 0.2) is 0 Å². The van der Waals surface area contributed by atoms with Crippen LogP contribution in [0.3, 0.4) is 0 Å². The maximum absolute atomic E-state index is 12.7. The summed E-state index contributed by atoms with van der Waals surface area (Å²) in [5.74, 6) is -1.22. The number of anilines is 1. The highest BCUT2D eigenvalue weighted by Gasteiger charge is 2.30. The molecule has 2 aliphatic heterocycles. The molecule has 0 radical (unpaired) electrons. The minimum Gasteiger partial charge on any atom is -0.478 e. The van der Waals surface area contributed by atoms with Gasteiger partial charge in [-0.05, 0) is 30.4 Å². The van der Waals surface area contributed by atoms with E-state index < -0.39 is 16.0 Å². The number of allylic oxidation sites excluding steroid dienone is 2. The first-order valence-corrected chi connectivity index (χ1v) is 9.30. The number of hydrogen-bond donors (Lipinski definition) is 3. The summed E-state index contributed by atoms with van der Waals surface area (Å²) in [6.45, 7) is 0. The molecule has 0 aliphatic carbocycles. The number of halogens is 1. The number of carbonyl (C=O) groups is 1. The number of carboxylic acid groups (broad SMARTS) is 1. The van der Waals surface area contributed by atoms with Gasteiger partial charge in [-0.25, -0.2) is 13.2 Å². The van der Waals surface area contributed by atoms with E-state index in [0.717, 1.165) is 0 Å². The van der Waals surface area contributed by atoms with Gasteiger partial charge in [-0.3, -0.25) is 9.03 Å². The molecule has 10 heteroatoms. The minimum atomic E-state index is -3.95. The molecule has 0 spiro atoms. The molecule has 1 aromatic carbocycles. The molecule has 2 heterocycles. The van der Waals surface area contributed by atoms with Gasteiger partial charge in [-0.15, -0.1) is 0 Å². The van der Waals surface area contributed by atoms with E-state index >= 15 is 0 Å². The number of nitrogens with zero attached hydrogens (tertiary/aromatic N) is 1. The number of aromatic carboxylic acids is 1. The lowest BCUT2D eigenvalue weighted by molar-refractivity contribution is 0.0698. The summed E-state index contributed by atoms with van der Waals surface area (Å²) >= 11 is 4.44. The number of fused-ring (bicyclic) bond motifs is 1. The van der Waals surface area contributed by atoms with Gasteiger partial charge in [-0.2, -0.15) is 0 Å². The zero-order chi connectivity index (χ0) is 16.6. The lowest BCUT2D eigenvalue weighted by atomic mass is 10.2. The summed E-state index contributed by atoms with van der Waals surface area (Å²) in [4.78, 5) is 11.3. The highest BCUT2D eigenvalue weighted by Crippen LogP contribution is 2.34. The highest BCUT2D eigenvalue weighted by molar-refractivity contribution is 9.10. The molecule has 3 rings (SSSR count). The summed E-state index contributed by atoms with van der Waals surface area (Å²) in [7, 11) is -3.95. The van der Waals surface area contributed by atoms with Crippen molar-refractivity contribution in [2.24, 2.45) is 0 Å². The molecule has 0 aromatic heterocycles. The standard InChI is InChI=1S/C13H10BrN3O4S2/c14-8-3-4-9(13(18)19)10(6-8)16-23(20,21)12-2-1-5-17-11(12)7-15-22-17/h1-7,15-16H,(H,18,19). The van der Waals surface area contributed by atoms with Crippen LogP contribution >= 0.6 is 28.1 Å². The van der Waals surface area contributed by atoms with Crippen LogP contribution in [0.2, 0.25) is 0 Å². The Balaban J connectivity index is 2.00. The molecule has 7 nitrogen and oxygen atoms in total. The molecular weight excluding hydrogens is 406 g/mol. The highest BCUT2D eigenvalue weighted by atomic mass is 79.9. The van der Waals surface area contributed by atoms with Gasteiger partial charge >= 0.3 is 5.97 Å². The maximum atomic E-state index is 12.7. The number of sulfonamides is 1. The van der Waals surface area contributed by atoms with E-state index in [-0.39, 0.29) is 16.2 Å². The van der Waals surface area contributed by atoms with Crippen molar-refractivity contribution in [1.82, 2.24) is 9.03 Å². The van der Waals surface area contributed by atoms with Crippen molar-refractivity contribution in [2.75, 3.05) is 4.72 Å². The molecule has 0 bridgehead atoms. The van der Waals surface area contributed by atoms with E-state index in [1.165, 1.54) is 36.4 Å². The fraction of sp³-hybridized carbons (Fsp3) is 0. The number of carboxylic acids is 1. The second-order valence-corrected chi connectivity index (χ2v) is 7.92. The van der Waals surface area contributed by atoms with Gasteiger partial charge in [0.05, 0.1) is 29.1 Å². The van der Waals surface area contributed by atoms with Gasteiger partial charge in [0, 0.05) is 16.9 Å². The van der Waals surface area contributed by atoms with Crippen molar-refractivity contribution < 1.29 is 18.3 Å². The van der Waals surface area contributed by atoms with Crippen LogP contribution in [0.25, 0.3) is 0 Å². The third-order valence-electron chi connectivity index (χ3n) is 3.05. The van der Waals surface area contributed by atoms with Crippen molar-refractivity contribution in [3.8, 4) is 0 Å². The van der Waals surface area contributed by atoms with Crippen LogP contribution in [0.1, 0.15) is 10.4 Å². The van der Waals surface area contributed by atoms with Crippen molar-refractivity contribution in [1.29, 1.82) is 0 Å². The molecule has 0 saturated carbocycles. The van der Waals surface area contributed by atoms with Crippen LogP contribution in [0.4, 0.5) is 5.69 Å². The lowest BCUT2D eigenvalue weighted by Gasteiger charge is -2.21. The third kappa shape index (κ3) is 3.09. The molecule has 3 N–H and O–H groups in total. The second-order valence-electron chi connectivity index (χ2n) is 4.54. The molecule has 120 valence electrons. The molecule has 0 unspecified atom stereocenters. The zero-order valence-electron chi connectivity index (χ0n) is 11.4. The fourth-order valence-corrected chi connectivity index (χ4v) is 4.39. The number of rotatable bonds is 4. The molecule has 1 aromatic rings. The van der Waals surface area contributed by atoms with Crippen LogP contribution in [0, 0.1) is 0 Å². The molecule has 2 aliphatic rings. The van der Waals surface area contributed by atoms with Crippen molar-refractivity contribution in [3.63, 3.8) is 0 Å². The van der Waals surface area contributed by atoms with E-state index in [4.69, 9.17) is 0 Å². The second kappa shape index (κ2) is 5.95. The topological polar surface area (TPSA) is 98.7 Å². The summed E-state index contributed by atoms with van der Waals surface area (Å²) < 4.78 is 32.8. The van der Waals surface area contributed by atoms with Gasteiger partial charge < -0.3 is 9.83 Å². The fourth-order valence-electron chi connectivity index (χ4n) is 2.05. The molecule has 0 saturated heterocycles. The van der Waals surface area contributed by atoms with Gasteiger partial charge in [-0.1, -0.05) is 15.9 Å². The average molecular weight is 416 g/mol. The normalized spacial score (nSPS) is 16.3. The lowest BCUT2D eigenvalue weighted by Crippen LogP contribution is -2.22. The Morgan fingerprint density at radius 3 is 2.91 bits per heavy atom. The molecule has 0 atom stereocenters. The largest absolute Gasteiger partial charge is 0.478 e. The maximum Gasteiger partial charge on any atom is 0.337 e. The van der Waals surface area contributed by atoms with Crippen LogP contribution < -0.4 is 9.44 Å². The summed E-state index contributed by atoms with van der Waals surface area (Å²) in [6.07, 6.45) is 6.34. The van der Waals surface area contributed by atoms with Crippen molar-refractivity contribution in [2.45, 2.75) is 0 Å². The summed E-state index contributed by atoms with van der Waals surface area (Å²) in [5.41, 5.74) is 0.332. The van der Waals surface area contributed by atoms with E-state index in [0.29, 0.717) is 10.2 Å². The SMILES string of the molecule is O=C(O)c1ccc(Br)cc1NS(=O)(=O)C1=CC=CN2SNC=C12. The number of hydrogen-bond acceptors (Lipinski definition) is 6. The van der Waals surface area contributed by atoms with Gasteiger partial charge in [0.25, 0.3) is 10.0 Å². The van der Waals surface area contributed by atoms with Crippen molar-refractivity contribution in [3.05, 3.63) is 63.4 Å². The quantitative estimate of drug-likeness (QED) is 0.649. The number of benzene rings is 1. The van der Waals surface area contributed by atoms with Gasteiger partial charge in [0.1, 0.15) is 4.91 Å². The van der Waals surface area contributed by atoms with Gasteiger partial charge in [0.2, 0.25) is 0 Å². The third-order valence-corrected chi connectivity index (χ3v) is 5.70. The van der Waals surface area contributed by atoms with E-state index in [2.05, 4.69) is 25.4 Å². The predicted molar refractivity (Wildman–Crippen MR) is 91.5 cm³/mol. The van der Waals surface area contributed by atoms with E-state index in [1.807, 2.05) is 0 Å². The van der Waals surface area contributed by atoms with Crippen LogP contribution in [0.15, 0.2) is 57.8 Å². The Bertz CT molecular complexity index is 877. The monoisotopic (exact) mass is 415 g/mol. The Hall–Kier alpha value is -1.91. The summed E-state index contributed by atoms with van der Waals surface area (Å²) in [5, 5.41) is 9.21. The molecular formula is C13H10BrN3O4S2. The minimum absolute atomic E-state index is 0.00640. The first kappa shape index (κ1) is 16.0. The predicted octanol–water partition coefficient (Wildman–Crippen LogP) is 2.61. The van der Waals surface area contributed by atoms with Crippen LogP contribution in [-0.2, 0) is 10.0 Å². The first-order chi connectivity index (χ1) is 10.9. The summed E-state index contributed by atoms with van der Waals surface area (Å²) in [6, 6.07) is 4.28. The number of nitrogens with one attached hydrogen (secondary N) is 2. The van der Waals surface area contributed by atoms with E-state index in [9.17, 15) is 18.3 Å². The Morgan fingerprint density at radius 2 is 2.17 bits per heavy atom. The Morgan fingerprint density at radius 1 is 1.39 bits per heavy atom. The molecule has 0 fully saturated rings.